The molecule has 0 saturated carbocycles. The van der Waals surface area contributed by atoms with Crippen molar-refractivity contribution in [1.29, 1.82) is 0 Å². The standard InChI is InChI=1S/C17H18Cl2N2O2S/c1-10-5-7-11(8-6-10)15(22)20-21(17(2,3)4)16(23)12-9-13(18)24-14(12)19/h5-9H,1-4H3,(H,20,22). The highest BCUT2D eigenvalue weighted by Crippen LogP contribution is 2.32. The smallest absolute Gasteiger partial charge is 0.267 e. The number of hydrogen-bond donors (Lipinski definition) is 1. The Kier molecular flexibility index (Phi) is 5.58. The molecule has 0 aliphatic rings. The lowest BCUT2D eigenvalue weighted by molar-refractivity contribution is 0.0359. The molecule has 1 heterocycles. The monoisotopic (exact) mass is 384 g/mol. The van der Waals surface area contributed by atoms with Crippen LogP contribution in [0.3, 0.4) is 0 Å². The Bertz CT molecular complexity index is 764. The molecule has 0 unspecified atom stereocenters. The van der Waals surface area contributed by atoms with Gasteiger partial charge in [-0.1, -0.05) is 40.9 Å². The van der Waals surface area contributed by atoms with Gasteiger partial charge in [0.05, 0.1) is 15.4 Å². The Morgan fingerprint density at radius 1 is 1.12 bits per heavy atom. The van der Waals surface area contributed by atoms with Gasteiger partial charge >= 0.3 is 0 Å². The zero-order valence-corrected chi connectivity index (χ0v) is 16.1. The third-order valence-electron chi connectivity index (χ3n) is 3.29. The fourth-order valence-electron chi connectivity index (χ4n) is 2.00. The van der Waals surface area contributed by atoms with Crippen molar-refractivity contribution in [2.45, 2.75) is 33.2 Å². The molecule has 128 valence electrons. The van der Waals surface area contributed by atoms with Gasteiger partial charge in [-0.25, -0.2) is 5.01 Å². The van der Waals surface area contributed by atoms with Crippen molar-refractivity contribution in [3.8, 4) is 0 Å². The van der Waals surface area contributed by atoms with Gasteiger partial charge in [-0.3, -0.25) is 15.0 Å². The van der Waals surface area contributed by atoms with E-state index in [0.29, 0.717) is 14.2 Å². The molecular weight excluding hydrogens is 367 g/mol. The van der Waals surface area contributed by atoms with Crippen molar-refractivity contribution in [3.63, 3.8) is 0 Å². The van der Waals surface area contributed by atoms with E-state index >= 15 is 0 Å². The van der Waals surface area contributed by atoms with Gasteiger partial charge in [0.1, 0.15) is 4.34 Å². The van der Waals surface area contributed by atoms with E-state index in [4.69, 9.17) is 23.2 Å². The minimum atomic E-state index is -0.644. The number of nitrogens with zero attached hydrogens (tertiary/aromatic N) is 1. The Hall–Kier alpha value is -1.56. The summed E-state index contributed by atoms with van der Waals surface area (Å²) in [6.45, 7) is 7.40. The molecule has 4 nitrogen and oxygen atoms in total. The summed E-state index contributed by atoms with van der Waals surface area (Å²) in [5, 5.41) is 1.28. The highest BCUT2D eigenvalue weighted by Gasteiger charge is 2.31. The summed E-state index contributed by atoms with van der Waals surface area (Å²) in [6.07, 6.45) is 0. The fraction of sp³-hybridized carbons (Fsp3) is 0.294. The molecule has 2 rings (SSSR count). The molecule has 0 aliphatic carbocycles. The van der Waals surface area contributed by atoms with E-state index in [9.17, 15) is 9.59 Å². The summed E-state index contributed by atoms with van der Waals surface area (Å²) in [5.41, 5.74) is 3.82. The van der Waals surface area contributed by atoms with E-state index in [1.165, 1.54) is 11.1 Å². The van der Waals surface area contributed by atoms with Crippen LogP contribution in [0.4, 0.5) is 0 Å². The van der Waals surface area contributed by atoms with Crippen LogP contribution in [-0.2, 0) is 0 Å². The number of benzene rings is 1. The number of carbonyl (C=O) groups is 2. The van der Waals surface area contributed by atoms with Crippen LogP contribution in [0.15, 0.2) is 30.3 Å². The zero-order valence-electron chi connectivity index (χ0n) is 13.8. The van der Waals surface area contributed by atoms with Crippen molar-refractivity contribution in [2.24, 2.45) is 0 Å². The summed E-state index contributed by atoms with van der Waals surface area (Å²) >= 11 is 13.1. The second-order valence-electron chi connectivity index (χ2n) is 6.36. The summed E-state index contributed by atoms with van der Waals surface area (Å²) in [6, 6.07) is 8.61. The summed E-state index contributed by atoms with van der Waals surface area (Å²) in [5.74, 6) is -0.771. The second kappa shape index (κ2) is 7.13. The van der Waals surface area contributed by atoms with Crippen LogP contribution in [-0.4, -0.2) is 22.4 Å². The van der Waals surface area contributed by atoms with Gasteiger partial charge < -0.3 is 0 Å². The lowest BCUT2D eigenvalue weighted by Crippen LogP contribution is -2.55. The van der Waals surface area contributed by atoms with E-state index < -0.39 is 11.4 Å². The molecular formula is C17H18Cl2N2O2S. The number of nitrogens with one attached hydrogen (secondary N) is 1. The normalized spacial score (nSPS) is 11.2. The quantitative estimate of drug-likeness (QED) is 0.744. The first-order chi connectivity index (χ1) is 11.1. The fourth-order valence-corrected chi connectivity index (χ4v) is 3.45. The summed E-state index contributed by atoms with van der Waals surface area (Å²) in [7, 11) is 0. The van der Waals surface area contributed by atoms with Gasteiger partial charge in [0.2, 0.25) is 0 Å². The van der Waals surface area contributed by atoms with Crippen molar-refractivity contribution in [2.75, 3.05) is 0 Å². The van der Waals surface area contributed by atoms with Crippen LogP contribution in [0.5, 0.6) is 0 Å². The van der Waals surface area contributed by atoms with Gasteiger partial charge in [-0.05, 0) is 45.9 Å². The molecule has 7 heteroatoms. The third-order valence-corrected chi connectivity index (χ3v) is 4.78. The maximum Gasteiger partial charge on any atom is 0.275 e. The molecule has 2 aromatic rings. The minimum Gasteiger partial charge on any atom is -0.267 e. The highest BCUT2D eigenvalue weighted by atomic mass is 35.5. The molecule has 0 aliphatic heterocycles. The van der Waals surface area contributed by atoms with E-state index in [1.807, 2.05) is 39.8 Å². The van der Waals surface area contributed by atoms with Crippen LogP contribution < -0.4 is 5.43 Å². The molecule has 0 fully saturated rings. The van der Waals surface area contributed by atoms with Gasteiger partial charge in [-0.2, -0.15) is 0 Å². The van der Waals surface area contributed by atoms with Crippen LogP contribution in [0.25, 0.3) is 0 Å². The second-order valence-corrected chi connectivity index (χ2v) is 8.64. The summed E-state index contributed by atoms with van der Waals surface area (Å²) < 4.78 is 0.714. The molecule has 0 atom stereocenters. The molecule has 0 radical (unpaired) electrons. The lowest BCUT2D eigenvalue weighted by atomic mass is 10.1. The number of aryl methyl sites for hydroxylation is 1. The van der Waals surface area contributed by atoms with Crippen molar-refractivity contribution in [3.05, 3.63) is 55.7 Å². The minimum absolute atomic E-state index is 0.269. The average Bonchev–Trinajstić information content (AvgIpc) is 2.82. The largest absolute Gasteiger partial charge is 0.275 e. The van der Waals surface area contributed by atoms with Gasteiger partial charge in [0, 0.05) is 5.56 Å². The Morgan fingerprint density at radius 2 is 1.71 bits per heavy atom. The van der Waals surface area contributed by atoms with Crippen LogP contribution in [0, 0.1) is 6.92 Å². The number of amides is 2. The molecule has 1 aromatic carbocycles. The van der Waals surface area contributed by atoms with Crippen LogP contribution in [0.2, 0.25) is 8.67 Å². The predicted molar refractivity (Wildman–Crippen MR) is 98.9 cm³/mol. The number of halogens is 2. The zero-order chi connectivity index (χ0) is 18.1. The molecule has 0 spiro atoms. The Balaban J connectivity index is 2.29. The molecule has 0 saturated heterocycles. The molecule has 2 amide bonds. The molecule has 24 heavy (non-hydrogen) atoms. The summed E-state index contributed by atoms with van der Waals surface area (Å²) in [4.78, 5) is 25.3. The first-order valence-corrected chi connectivity index (χ1v) is 8.84. The first kappa shape index (κ1) is 18.8. The van der Waals surface area contributed by atoms with Crippen molar-refractivity contribution >= 4 is 46.4 Å². The maximum atomic E-state index is 12.8. The van der Waals surface area contributed by atoms with E-state index in [0.717, 1.165) is 16.9 Å². The lowest BCUT2D eigenvalue weighted by Gasteiger charge is -2.35. The average molecular weight is 385 g/mol. The Morgan fingerprint density at radius 3 is 2.17 bits per heavy atom. The third kappa shape index (κ3) is 4.29. The number of hydrogen-bond acceptors (Lipinski definition) is 3. The molecule has 1 N–H and O–H groups in total. The van der Waals surface area contributed by atoms with E-state index in [1.54, 1.807) is 12.1 Å². The van der Waals surface area contributed by atoms with Gasteiger partial charge in [0.25, 0.3) is 11.8 Å². The van der Waals surface area contributed by atoms with Gasteiger partial charge in [0.15, 0.2) is 0 Å². The predicted octanol–water partition coefficient (Wildman–Crippen LogP) is 4.95. The topological polar surface area (TPSA) is 49.4 Å². The molecule has 1 aromatic heterocycles. The van der Waals surface area contributed by atoms with Gasteiger partial charge in [-0.15, -0.1) is 11.3 Å². The first-order valence-electron chi connectivity index (χ1n) is 7.26. The van der Waals surface area contributed by atoms with Crippen molar-refractivity contribution < 1.29 is 9.59 Å². The highest BCUT2D eigenvalue weighted by molar-refractivity contribution is 7.20. The number of hydrazine groups is 1. The molecule has 0 bridgehead atoms. The van der Waals surface area contributed by atoms with Crippen LogP contribution in [0.1, 0.15) is 47.1 Å². The van der Waals surface area contributed by atoms with E-state index in [-0.39, 0.29) is 11.5 Å². The van der Waals surface area contributed by atoms with Crippen LogP contribution >= 0.6 is 34.5 Å². The number of thiophene rings is 1. The Labute approximate surface area is 155 Å². The SMILES string of the molecule is Cc1ccc(C(=O)NN(C(=O)c2cc(Cl)sc2Cl)C(C)(C)C)cc1. The van der Waals surface area contributed by atoms with E-state index in [2.05, 4.69) is 5.43 Å². The van der Waals surface area contributed by atoms with Crippen molar-refractivity contribution in [1.82, 2.24) is 10.4 Å². The number of rotatable bonds is 2. The number of carbonyl (C=O) groups excluding carboxylic acids is 2. The maximum absolute atomic E-state index is 12.8.